The summed E-state index contributed by atoms with van der Waals surface area (Å²) in [4.78, 5) is 18.5. The Kier molecular flexibility index (Phi) is 5.22. The van der Waals surface area contributed by atoms with Gasteiger partial charge in [-0.05, 0) is 17.7 Å². The van der Waals surface area contributed by atoms with Crippen molar-refractivity contribution in [1.82, 2.24) is 15.3 Å². The Morgan fingerprint density at radius 3 is 2.61 bits per heavy atom. The van der Waals surface area contributed by atoms with E-state index < -0.39 is 12.4 Å². The normalized spacial score (nSPS) is 12.7. The number of hydrogen-bond acceptors (Lipinski definition) is 4. The molecule has 124 valence electrons. The van der Waals surface area contributed by atoms with Gasteiger partial charge in [0.05, 0.1) is 12.4 Å². The summed E-state index contributed by atoms with van der Waals surface area (Å²) in [7, 11) is 0. The first-order valence-electron chi connectivity index (χ1n) is 6.69. The summed E-state index contributed by atoms with van der Waals surface area (Å²) in [5.41, 5.74) is 7.13. The minimum Gasteiger partial charge on any atom is -0.406 e. The smallest absolute Gasteiger partial charge is 0.406 e. The van der Waals surface area contributed by atoms with E-state index in [4.69, 9.17) is 5.73 Å². The molecule has 1 amide bonds. The van der Waals surface area contributed by atoms with Crippen molar-refractivity contribution in [1.29, 1.82) is 0 Å². The van der Waals surface area contributed by atoms with E-state index in [1.54, 1.807) is 6.20 Å². The number of carbonyl (C=O) groups is 1. The van der Waals surface area contributed by atoms with E-state index in [1.807, 2.05) is 0 Å². The Morgan fingerprint density at radius 1 is 1.35 bits per heavy atom. The second-order valence-corrected chi connectivity index (χ2v) is 4.80. The maximum Gasteiger partial charge on any atom is 0.573 e. The summed E-state index contributed by atoms with van der Waals surface area (Å²) < 4.78 is 39.9. The Balaban J connectivity index is 1.82. The number of carbonyl (C=O) groups excluding carboxylic acids is 1. The molecule has 6 nitrogen and oxygen atoms in total. The van der Waals surface area contributed by atoms with Crippen LogP contribution in [0, 0.1) is 0 Å². The molecule has 1 aromatic carbocycles. The number of aromatic nitrogens is 2. The van der Waals surface area contributed by atoms with E-state index in [0.29, 0.717) is 12.0 Å². The van der Waals surface area contributed by atoms with Crippen LogP contribution in [0.3, 0.4) is 0 Å². The number of nitrogens with zero attached hydrogens (tertiary/aromatic N) is 1. The van der Waals surface area contributed by atoms with Crippen LogP contribution < -0.4 is 15.8 Å². The highest BCUT2D eigenvalue weighted by Crippen LogP contribution is 2.22. The number of alkyl halides is 3. The average molecular weight is 328 g/mol. The third-order valence-electron chi connectivity index (χ3n) is 2.96. The summed E-state index contributed by atoms with van der Waals surface area (Å²) in [5, 5.41) is 2.62. The fourth-order valence-electron chi connectivity index (χ4n) is 1.86. The van der Waals surface area contributed by atoms with Crippen LogP contribution in [0.15, 0.2) is 36.8 Å². The molecule has 0 aliphatic heterocycles. The molecular weight excluding hydrogens is 313 g/mol. The van der Waals surface area contributed by atoms with Gasteiger partial charge in [0.2, 0.25) is 5.91 Å². The van der Waals surface area contributed by atoms with Gasteiger partial charge in [0.25, 0.3) is 0 Å². The maximum atomic E-state index is 12.0. The minimum absolute atomic E-state index is 0.155. The van der Waals surface area contributed by atoms with Gasteiger partial charge in [-0.2, -0.15) is 0 Å². The van der Waals surface area contributed by atoms with E-state index >= 15 is 0 Å². The van der Waals surface area contributed by atoms with Crippen LogP contribution in [0.5, 0.6) is 5.75 Å². The van der Waals surface area contributed by atoms with E-state index in [1.165, 1.54) is 30.6 Å². The molecule has 1 atom stereocenters. The molecule has 1 aromatic heterocycles. The fraction of sp³-hybridized carbons (Fsp3) is 0.286. The van der Waals surface area contributed by atoms with Crippen LogP contribution in [0.25, 0.3) is 0 Å². The van der Waals surface area contributed by atoms with Crippen LogP contribution in [-0.4, -0.2) is 28.3 Å². The number of benzene rings is 1. The lowest BCUT2D eigenvalue weighted by molar-refractivity contribution is -0.274. The number of nitrogens with one attached hydrogen (secondary N) is 2. The molecule has 23 heavy (non-hydrogen) atoms. The SMILES string of the molecule is N[C@H](Cc1cnc[nH]1)C(=O)NCc1ccc(OC(F)(F)F)cc1. The number of nitrogens with two attached hydrogens (primary N) is 1. The number of aromatic amines is 1. The number of halogens is 3. The molecule has 1 heterocycles. The summed E-state index contributed by atoms with van der Waals surface area (Å²) in [6.07, 6.45) is -1.35. The van der Waals surface area contributed by atoms with Gasteiger partial charge < -0.3 is 20.8 Å². The molecule has 0 aliphatic carbocycles. The number of ether oxygens (including phenoxy) is 1. The topological polar surface area (TPSA) is 93.0 Å². The summed E-state index contributed by atoms with van der Waals surface area (Å²) in [5.74, 6) is -0.682. The average Bonchev–Trinajstić information content (AvgIpc) is 2.97. The van der Waals surface area contributed by atoms with E-state index in [2.05, 4.69) is 20.0 Å². The third-order valence-corrected chi connectivity index (χ3v) is 2.96. The molecule has 0 radical (unpaired) electrons. The predicted molar refractivity (Wildman–Crippen MR) is 75.2 cm³/mol. The first-order valence-corrected chi connectivity index (χ1v) is 6.69. The molecule has 4 N–H and O–H groups in total. The molecule has 0 spiro atoms. The predicted octanol–water partition coefficient (Wildman–Crippen LogP) is 1.49. The molecule has 0 aliphatic rings. The van der Waals surface area contributed by atoms with Crippen molar-refractivity contribution in [2.75, 3.05) is 0 Å². The summed E-state index contributed by atoms with van der Waals surface area (Å²) >= 11 is 0. The standard InChI is InChI=1S/C14H15F3N4O2/c15-14(16,17)23-11-3-1-9(2-4-11)6-20-13(22)12(18)5-10-7-19-8-21-10/h1-4,7-8,12H,5-6,18H2,(H,19,21)(H,20,22)/t12-/m1/s1. The quantitative estimate of drug-likeness (QED) is 0.749. The Labute approximate surface area is 129 Å². The number of amides is 1. The van der Waals surface area contributed by atoms with Gasteiger partial charge in [0, 0.05) is 24.9 Å². The molecule has 0 bridgehead atoms. The van der Waals surface area contributed by atoms with Crippen LogP contribution in [0.2, 0.25) is 0 Å². The van der Waals surface area contributed by atoms with E-state index in [9.17, 15) is 18.0 Å². The molecule has 2 rings (SSSR count). The number of imidazole rings is 1. The minimum atomic E-state index is -4.73. The highest BCUT2D eigenvalue weighted by molar-refractivity contribution is 5.81. The maximum absolute atomic E-state index is 12.0. The van der Waals surface area contributed by atoms with Crippen LogP contribution in [0.4, 0.5) is 13.2 Å². The van der Waals surface area contributed by atoms with Crippen molar-refractivity contribution in [2.45, 2.75) is 25.4 Å². The second-order valence-electron chi connectivity index (χ2n) is 4.80. The van der Waals surface area contributed by atoms with Gasteiger partial charge in [-0.3, -0.25) is 4.79 Å². The van der Waals surface area contributed by atoms with Gasteiger partial charge in [-0.15, -0.1) is 13.2 Å². The lowest BCUT2D eigenvalue weighted by atomic mass is 10.1. The van der Waals surface area contributed by atoms with Crippen molar-refractivity contribution in [3.63, 3.8) is 0 Å². The Bertz CT molecular complexity index is 626. The number of H-pyrrole nitrogens is 1. The molecule has 9 heteroatoms. The Morgan fingerprint density at radius 2 is 2.04 bits per heavy atom. The summed E-state index contributed by atoms with van der Waals surface area (Å²) in [6, 6.07) is 4.48. The van der Waals surface area contributed by atoms with Gasteiger partial charge in [-0.25, -0.2) is 4.98 Å². The van der Waals surface area contributed by atoms with Crippen molar-refractivity contribution < 1.29 is 22.7 Å². The fourth-order valence-corrected chi connectivity index (χ4v) is 1.86. The van der Waals surface area contributed by atoms with Crippen LogP contribution in [-0.2, 0) is 17.8 Å². The molecule has 0 fully saturated rings. The second kappa shape index (κ2) is 7.14. The van der Waals surface area contributed by atoms with Crippen LogP contribution in [0.1, 0.15) is 11.3 Å². The van der Waals surface area contributed by atoms with E-state index in [-0.39, 0.29) is 18.2 Å². The summed E-state index contributed by atoms with van der Waals surface area (Å²) in [6.45, 7) is 0.155. The van der Waals surface area contributed by atoms with Crippen molar-refractivity contribution >= 4 is 5.91 Å². The molecule has 0 unspecified atom stereocenters. The van der Waals surface area contributed by atoms with Gasteiger partial charge >= 0.3 is 6.36 Å². The third kappa shape index (κ3) is 5.62. The van der Waals surface area contributed by atoms with Crippen molar-refractivity contribution in [3.8, 4) is 5.75 Å². The van der Waals surface area contributed by atoms with E-state index in [0.717, 1.165) is 5.69 Å². The monoisotopic (exact) mass is 328 g/mol. The number of hydrogen-bond donors (Lipinski definition) is 3. The molecule has 0 saturated heterocycles. The molecule has 0 saturated carbocycles. The highest BCUT2D eigenvalue weighted by Gasteiger charge is 2.30. The Hall–Kier alpha value is -2.55. The van der Waals surface area contributed by atoms with Gasteiger partial charge in [0.15, 0.2) is 0 Å². The van der Waals surface area contributed by atoms with Crippen molar-refractivity contribution in [2.24, 2.45) is 5.73 Å². The van der Waals surface area contributed by atoms with Gasteiger partial charge in [0.1, 0.15) is 5.75 Å². The van der Waals surface area contributed by atoms with Gasteiger partial charge in [-0.1, -0.05) is 12.1 Å². The van der Waals surface area contributed by atoms with Crippen molar-refractivity contribution in [3.05, 3.63) is 48.0 Å². The highest BCUT2D eigenvalue weighted by atomic mass is 19.4. The zero-order chi connectivity index (χ0) is 16.9. The largest absolute Gasteiger partial charge is 0.573 e. The zero-order valence-corrected chi connectivity index (χ0v) is 11.9. The zero-order valence-electron chi connectivity index (χ0n) is 11.9. The van der Waals surface area contributed by atoms with Crippen LogP contribution >= 0.6 is 0 Å². The first-order chi connectivity index (χ1) is 10.8. The lowest BCUT2D eigenvalue weighted by Gasteiger charge is -2.12. The molecular formula is C14H15F3N4O2. The molecule has 2 aromatic rings. The first kappa shape index (κ1) is 16.8. The number of rotatable bonds is 6. The lowest BCUT2D eigenvalue weighted by Crippen LogP contribution is -2.41.